The average Bonchev–Trinajstić information content (AvgIpc) is 3.17. The van der Waals surface area contributed by atoms with Crippen LogP contribution in [0.3, 0.4) is 0 Å². The lowest BCUT2D eigenvalue weighted by Gasteiger charge is -2.28. The van der Waals surface area contributed by atoms with Crippen LogP contribution in [0.2, 0.25) is 0 Å². The molecule has 0 aromatic carbocycles. The van der Waals surface area contributed by atoms with Crippen LogP contribution < -0.4 is 4.89 Å². The number of nitrogens with zero attached hydrogens (tertiary/aromatic N) is 1. The summed E-state index contributed by atoms with van der Waals surface area (Å²) in [6, 6.07) is 0. The van der Waals surface area contributed by atoms with Gasteiger partial charge in [0.1, 0.15) is 19.8 Å². The lowest BCUT2D eigenvalue weighted by Crippen LogP contribution is -2.37. The maximum absolute atomic E-state index is 12.7. The summed E-state index contributed by atoms with van der Waals surface area (Å²) in [5.74, 6) is -1.13. The van der Waals surface area contributed by atoms with Crippen molar-refractivity contribution in [2.24, 2.45) is 0 Å². The highest BCUT2D eigenvalue weighted by atomic mass is 31.2. The largest absolute Gasteiger partial charge is 0.756 e. The molecule has 0 spiro atoms. The molecular formula is C46H82NO10P. The molecule has 336 valence electrons. The third kappa shape index (κ3) is 39.1. The first-order valence-electron chi connectivity index (χ1n) is 22.2. The molecule has 58 heavy (non-hydrogen) atoms. The van der Waals surface area contributed by atoms with E-state index >= 15 is 0 Å². The maximum Gasteiger partial charge on any atom is 0.306 e. The fourth-order valence-electron chi connectivity index (χ4n) is 5.62. The van der Waals surface area contributed by atoms with Crippen LogP contribution in [-0.2, 0) is 32.7 Å². The van der Waals surface area contributed by atoms with Crippen molar-refractivity contribution in [1.29, 1.82) is 0 Å². The molecule has 0 bridgehead atoms. The summed E-state index contributed by atoms with van der Waals surface area (Å²) in [5, 5.41) is 20.7. The molecule has 2 N–H and O–H groups in total. The molecule has 0 heterocycles. The van der Waals surface area contributed by atoms with Crippen molar-refractivity contribution < 1.29 is 52.3 Å². The zero-order valence-electron chi connectivity index (χ0n) is 36.9. The maximum atomic E-state index is 12.7. The third-order valence-electron chi connectivity index (χ3n) is 9.22. The van der Waals surface area contributed by atoms with Gasteiger partial charge < -0.3 is 38.1 Å². The average molecular weight is 840 g/mol. The molecule has 0 aromatic heterocycles. The highest BCUT2D eigenvalue weighted by molar-refractivity contribution is 7.45. The molecule has 0 aromatic rings. The zero-order valence-corrected chi connectivity index (χ0v) is 37.8. The van der Waals surface area contributed by atoms with Gasteiger partial charge in [-0.2, -0.15) is 0 Å². The number of quaternary nitrogens is 1. The topological polar surface area (TPSA) is 152 Å². The summed E-state index contributed by atoms with van der Waals surface area (Å²) < 4.78 is 33.7. The van der Waals surface area contributed by atoms with Crippen molar-refractivity contribution in [2.45, 2.75) is 173 Å². The Morgan fingerprint density at radius 2 is 1.17 bits per heavy atom. The number of esters is 2. The highest BCUT2D eigenvalue weighted by Gasteiger charge is 2.22. The number of ether oxygens (including phenoxy) is 2. The molecule has 0 fully saturated rings. The number of carbonyl (C=O) groups excluding carboxylic acids is 2. The second kappa shape index (κ2) is 37.6. The number of rotatable bonds is 39. The molecule has 0 aliphatic carbocycles. The molecule has 12 heteroatoms. The Kier molecular flexibility index (Phi) is 36.1. The molecule has 0 saturated carbocycles. The van der Waals surface area contributed by atoms with Crippen molar-refractivity contribution in [2.75, 3.05) is 47.5 Å². The predicted molar refractivity (Wildman–Crippen MR) is 234 cm³/mol. The van der Waals surface area contributed by atoms with Crippen LogP contribution in [0.1, 0.15) is 155 Å². The van der Waals surface area contributed by atoms with E-state index in [4.69, 9.17) is 18.5 Å². The number of aliphatic hydroxyl groups is 2. The second-order valence-electron chi connectivity index (χ2n) is 16.0. The Hall–Kier alpha value is -2.37. The molecule has 0 amide bonds. The standard InChI is InChI=1S/C46H82NO10P/c1-6-8-10-12-14-16-18-20-21-22-24-26-28-30-32-36-46(51)57-42(41-56-58(52,53)55-39-38-47(3,4)5)40-54-45(50)37-33-35-44(49)43(48)34-31-29-27-25-23-19-17-15-13-11-9-7-2/h9,11,15-18,23,25,29,31,42-44,48-49H,6-8,10,12-14,19-22,24,26-28,30,32-41H2,1-5H3/b11-9-,17-15-,18-16-,25-23-,31-29-/t42-,43+,44+/m1/s1. The molecular weight excluding hydrogens is 757 g/mol. The van der Waals surface area contributed by atoms with E-state index in [2.05, 4.69) is 62.5 Å². The summed E-state index contributed by atoms with van der Waals surface area (Å²) in [6.07, 6.45) is 37.1. The van der Waals surface area contributed by atoms with E-state index in [1.807, 2.05) is 33.3 Å². The molecule has 4 atom stereocenters. The van der Waals surface area contributed by atoms with Gasteiger partial charge in [-0.3, -0.25) is 14.2 Å². The Labute approximate surface area is 352 Å². The summed E-state index contributed by atoms with van der Waals surface area (Å²) >= 11 is 0. The van der Waals surface area contributed by atoms with Gasteiger partial charge in [-0.05, 0) is 77.0 Å². The molecule has 0 aliphatic rings. The van der Waals surface area contributed by atoms with Gasteiger partial charge in [0.2, 0.25) is 0 Å². The smallest absolute Gasteiger partial charge is 0.306 e. The summed E-state index contributed by atoms with van der Waals surface area (Å²) in [5.41, 5.74) is 0. The van der Waals surface area contributed by atoms with Crippen LogP contribution in [0.25, 0.3) is 0 Å². The first kappa shape index (κ1) is 55.6. The number of hydrogen-bond donors (Lipinski definition) is 2. The number of likely N-dealkylation sites (N-methyl/N-ethyl adjacent to an activating group) is 1. The highest BCUT2D eigenvalue weighted by Crippen LogP contribution is 2.38. The number of aliphatic hydroxyl groups excluding tert-OH is 2. The SMILES string of the molecule is CC/C=C\C/C=C\C/C=C\C/C=C\C[C@H](O)[C@@H](O)CCCC(=O)OC[C@H](COP(=O)([O-])OCC[N+](C)(C)C)OC(=O)CCCCCCCCC/C=C\CCCCCC. The van der Waals surface area contributed by atoms with Gasteiger partial charge in [-0.15, -0.1) is 0 Å². The van der Waals surface area contributed by atoms with E-state index in [1.165, 1.54) is 44.9 Å². The van der Waals surface area contributed by atoms with Crippen LogP contribution in [0.4, 0.5) is 0 Å². The molecule has 0 saturated heterocycles. The fraction of sp³-hybridized carbons (Fsp3) is 0.739. The molecule has 0 aliphatic heterocycles. The molecule has 0 radical (unpaired) electrons. The van der Waals surface area contributed by atoms with Gasteiger partial charge in [-0.25, -0.2) is 0 Å². The van der Waals surface area contributed by atoms with E-state index in [1.54, 1.807) is 0 Å². The van der Waals surface area contributed by atoms with Crippen molar-refractivity contribution >= 4 is 19.8 Å². The summed E-state index contributed by atoms with van der Waals surface area (Å²) in [7, 11) is 1.000. The van der Waals surface area contributed by atoms with Crippen molar-refractivity contribution in [3.05, 3.63) is 60.8 Å². The van der Waals surface area contributed by atoms with Gasteiger partial charge in [0, 0.05) is 12.8 Å². The zero-order chi connectivity index (χ0) is 43.2. The van der Waals surface area contributed by atoms with Crippen LogP contribution in [-0.4, -0.2) is 92.5 Å². The fourth-order valence-corrected chi connectivity index (χ4v) is 6.35. The molecule has 0 rings (SSSR count). The number of hydrogen-bond acceptors (Lipinski definition) is 10. The normalized spacial score (nSPS) is 15.2. The van der Waals surface area contributed by atoms with Crippen molar-refractivity contribution in [3.8, 4) is 0 Å². The minimum atomic E-state index is -4.70. The lowest BCUT2D eigenvalue weighted by molar-refractivity contribution is -0.870. The van der Waals surface area contributed by atoms with E-state index < -0.39 is 51.3 Å². The number of unbranched alkanes of at least 4 members (excludes halogenated alkanes) is 11. The van der Waals surface area contributed by atoms with E-state index in [9.17, 15) is 29.3 Å². The van der Waals surface area contributed by atoms with Crippen molar-refractivity contribution in [1.82, 2.24) is 0 Å². The first-order chi connectivity index (χ1) is 27.8. The quantitative estimate of drug-likeness (QED) is 0.0201. The van der Waals surface area contributed by atoms with Crippen LogP contribution in [0, 0.1) is 0 Å². The Bertz CT molecular complexity index is 1210. The Balaban J connectivity index is 4.61. The number of allylic oxidation sites excluding steroid dienone is 9. The van der Waals surface area contributed by atoms with E-state index in [0.717, 1.165) is 57.8 Å². The monoisotopic (exact) mass is 840 g/mol. The number of phosphoric acid groups is 1. The third-order valence-corrected chi connectivity index (χ3v) is 10.2. The minimum Gasteiger partial charge on any atom is -0.756 e. The minimum absolute atomic E-state index is 0.0423. The molecule has 11 nitrogen and oxygen atoms in total. The van der Waals surface area contributed by atoms with Crippen molar-refractivity contribution in [3.63, 3.8) is 0 Å². The van der Waals surface area contributed by atoms with Gasteiger partial charge in [0.25, 0.3) is 7.82 Å². The molecule has 1 unspecified atom stereocenters. The van der Waals surface area contributed by atoms with Gasteiger partial charge in [0.15, 0.2) is 6.10 Å². The van der Waals surface area contributed by atoms with Crippen LogP contribution in [0.15, 0.2) is 60.8 Å². The number of phosphoric ester groups is 1. The summed E-state index contributed by atoms with van der Waals surface area (Å²) in [4.78, 5) is 37.6. The van der Waals surface area contributed by atoms with Gasteiger partial charge in [-0.1, -0.05) is 126 Å². The van der Waals surface area contributed by atoms with E-state index in [0.29, 0.717) is 17.4 Å². The second-order valence-corrected chi connectivity index (χ2v) is 17.4. The first-order valence-corrected chi connectivity index (χ1v) is 23.6. The Morgan fingerprint density at radius 3 is 1.76 bits per heavy atom. The van der Waals surface area contributed by atoms with Crippen LogP contribution >= 0.6 is 7.82 Å². The van der Waals surface area contributed by atoms with Gasteiger partial charge >= 0.3 is 11.9 Å². The number of carbonyl (C=O) groups is 2. The Morgan fingerprint density at radius 1 is 0.638 bits per heavy atom. The summed E-state index contributed by atoms with van der Waals surface area (Å²) in [6.45, 7) is 3.74. The van der Waals surface area contributed by atoms with Crippen LogP contribution in [0.5, 0.6) is 0 Å². The van der Waals surface area contributed by atoms with Gasteiger partial charge in [0.05, 0.1) is 40.0 Å². The predicted octanol–water partition coefficient (Wildman–Crippen LogP) is 9.77. The van der Waals surface area contributed by atoms with E-state index in [-0.39, 0.29) is 38.7 Å². The lowest BCUT2D eigenvalue weighted by atomic mass is 10.0.